The van der Waals surface area contributed by atoms with Crippen LogP contribution in [0.4, 0.5) is 11.4 Å². The second kappa shape index (κ2) is 8.83. The normalized spacial score (nSPS) is 19.8. The van der Waals surface area contributed by atoms with Gasteiger partial charge >= 0.3 is 0 Å². The standard InChI is InChI=1S/C17H29N3/c18-16-14-19-13-12-17(16)20-15-10-8-6-4-2-1-3-5-7-9-11-15/h12-15H,1-11,18H2,(H,19,20). The first kappa shape index (κ1) is 15.1. The van der Waals surface area contributed by atoms with E-state index in [1.165, 1.54) is 70.6 Å². The first-order valence-electron chi connectivity index (χ1n) is 8.32. The highest BCUT2D eigenvalue weighted by Crippen LogP contribution is 2.22. The van der Waals surface area contributed by atoms with Crippen molar-refractivity contribution < 1.29 is 0 Å². The highest BCUT2D eigenvalue weighted by molar-refractivity contribution is 5.64. The van der Waals surface area contributed by atoms with Crippen LogP contribution >= 0.6 is 0 Å². The van der Waals surface area contributed by atoms with Crippen LogP contribution in [-0.4, -0.2) is 11.0 Å². The Balaban J connectivity index is 1.87. The highest BCUT2D eigenvalue weighted by Gasteiger charge is 2.10. The van der Waals surface area contributed by atoms with Gasteiger partial charge in [-0.15, -0.1) is 0 Å². The third kappa shape index (κ3) is 5.40. The van der Waals surface area contributed by atoms with E-state index in [2.05, 4.69) is 10.3 Å². The molecule has 0 saturated heterocycles. The minimum absolute atomic E-state index is 0.569. The summed E-state index contributed by atoms with van der Waals surface area (Å²) in [6, 6.07) is 2.56. The van der Waals surface area contributed by atoms with Gasteiger partial charge in [0.1, 0.15) is 0 Å². The van der Waals surface area contributed by atoms with E-state index < -0.39 is 0 Å². The Kier molecular flexibility index (Phi) is 6.69. The summed E-state index contributed by atoms with van der Waals surface area (Å²) in [5.41, 5.74) is 7.80. The maximum absolute atomic E-state index is 5.98. The smallest absolute Gasteiger partial charge is 0.0736 e. The molecule has 0 bridgehead atoms. The third-order valence-corrected chi connectivity index (χ3v) is 4.32. The van der Waals surface area contributed by atoms with Crippen molar-refractivity contribution in [3.8, 4) is 0 Å². The lowest BCUT2D eigenvalue weighted by atomic mass is 9.98. The van der Waals surface area contributed by atoms with Crippen LogP contribution < -0.4 is 11.1 Å². The van der Waals surface area contributed by atoms with Crippen LogP contribution in [0.5, 0.6) is 0 Å². The Hall–Kier alpha value is -1.25. The fourth-order valence-corrected chi connectivity index (χ4v) is 3.07. The molecule has 1 aromatic heterocycles. The van der Waals surface area contributed by atoms with Crippen molar-refractivity contribution in [3.05, 3.63) is 18.5 Å². The van der Waals surface area contributed by atoms with Crippen LogP contribution in [0.3, 0.4) is 0 Å². The zero-order chi connectivity index (χ0) is 14.0. The van der Waals surface area contributed by atoms with Gasteiger partial charge in [0.05, 0.1) is 17.6 Å². The summed E-state index contributed by atoms with van der Waals surface area (Å²) in [4.78, 5) is 4.06. The molecule has 1 aliphatic carbocycles. The van der Waals surface area contributed by atoms with E-state index >= 15 is 0 Å². The zero-order valence-corrected chi connectivity index (χ0v) is 12.6. The summed E-state index contributed by atoms with van der Waals surface area (Å²) >= 11 is 0. The summed E-state index contributed by atoms with van der Waals surface area (Å²) in [5.74, 6) is 0. The molecule has 0 atom stereocenters. The first-order valence-corrected chi connectivity index (χ1v) is 8.32. The molecule has 112 valence electrons. The van der Waals surface area contributed by atoms with Gasteiger partial charge in [-0.25, -0.2) is 0 Å². The lowest BCUT2D eigenvalue weighted by Crippen LogP contribution is -2.20. The lowest BCUT2D eigenvalue weighted by Gasteiger charge is -2.21. The van der Waals surface area contributed by atoms with E-state index in [1.54, 1.807) is 6.20 Å². The predicted octanol–water partition coefficient (Wildman–Crippen LogP) is 4.75. The van der Waals surface area contributed by atoms with Crippen molar-refractivity contribution in [2.45, 2.75) is 76.7 Å². The number of aromatic nitrogens is 1. The number of pyridine rings is 1. The van der Waals surface area contributed by atoms with Gasteiger partial charge in [0.15, 0.2) is 0 Å². The van der Waals surface area contributed by atoms with Crippen molar-refractivity contribution >= 4 is 11.4 Å². The molecule has 0 radical (unpaired) electrons. The highest BCUT2D eigenvalue weighted by atomic mass is 14.9. The van der Waals surface area contributed by atoms with Gasteiger partial charge in [-0.1, -0.05) is 57.8 Å². The Morgan fingerprint density at radius 1 is 0.900 bits per heavy atom. The number of nitrogen functional groups attached to an aromatic ring is 1. The number of anilines is 2. The van der Waals surface area contributed by atoms with E-state index in [-0.39, 0.29) is 0 Å². The van der Waals surface area contributed by atoms with Crippen LogP contribution in [0.1, 0.15) is 70.6 Å². The fraction of sp³-hybridized carbons (Fsp3) is 0.706. The molecule has 3 nitrogen and oxygen atoms in total. The van der Waals surface area contributed by atoms with Crippen molar-refractivity contribution in [1.29, 1.82) is 0 Å². The quantitative estimate of drug-likeness (QED) is 0.819. The number of nitrogens with zero attached hydrogens (tertiary/aromatic N) is 1. The van der Waals surface area contributed by atoms with Crippen molar-refractivity contribution in [2.75, 3.05) is 11.1 Å². The fourth-order valence-electron chi connectivity index (χ4n) is 3.07. The SMILES string of the molecule is Nc1cnccc1NC1CCCCCCCCCCC1. The summed E-state index contributed by atoms with van der Waals surface area (Å²) < 4.78 is 0. The molecule has 1 aromatic rings. The molecule has 1 fully saturated rings. The molecular formula is C17H29N3. The maximum Gasteiger partial charge on any atom is 0.0736 e. The van der Waals surface area contributed by atoms with Gasteiger partial charge in [-0.3, -0.25) is 4.98 Å². The Morgan fingerprint density at radius 2 is 1.45 bits per heavy atom. The van der Waals surface area contributed by atoms with Crippen LogP contribution in [0, 0.1) is 0 Å². The third-order valence-electron chi connectivity index (χ3n) is 4.32. The summed E-state index contributed by atoms with van der Waals surface area (Å²) in [6.07, 6.45) is 18.6. The minimum atomic E-state index is 0.569. The molecule has 0 amide bonds. The van der Waals surface area contributed by atoms with Gasteiger partial charge in [-0.05, 0) is 18.9 Å². The molecule has 0 spiro atoms. The minimum Gasteiger partial charge on any atom is -0.396 e. The van der Waals surface area contributed by atoms with Crippen LogP contribution in [0.15, 0.2) is 18.5 Å². The van der Waals surface area contributed by atoms with E-state index in [0.29, 0.717) is 6.04 Å². The molecule has 3 N–H and O–H groups in total. The molecule has 0 aliphatic heterocycles. The second-order valence-electron chi connectivity index (χ2n) is 6.06. The molecule has 1 aliphatic rings. The first-order chi connectivity index (χ1) is 9.86. The monoisotopic (exact) mass is 275 g/mol. The van der Waals surface area contributed by atoms with Crippen LogP contribution in [0.25, 0.3) is 0 Å². The van der Waals surface area contributed by atoms with E-state index in [0.717, 1.165) is 11.4 Å². The van der Waals surface area contributed by atoms with Crippen molar-refractivity contribution in [1.82, 2.24) is 4.98 Å². The van der Waals surface area contributed by atoms with Gasteiger partial charge in [0, 0.05) is 12.2 Å². The van der Waals surface area contributed by atoms with Crippen molar-refractivity contribution in [3.63, 3.8) is 0 Å². The Morgan fingerprint density at radius 3 is 2.00 bits per heavy atom. The molecule has 20 heavy (non-hydrogen) atoms. The number of hydrogen-bond donors (Lipinski definition) is 2. The largest absolute Gasteiger partial charge is 0.396 e. The number of rotatable bonds is 2. The average molecular weight is 275 g/mol. The summed E-state index contributed by atoms with van der Waals surface area (Å²) in [5, 5.41) is 3.64. The molecule has 0 unspecified atom stereocenters. The van der Waals surface area contributed by atoms with Crippen molar-refractivity contribution in [2.24, 2.45) is 0 Å². The molecular weight excluding hydrogens is 246 g/mol. The second-order valence-corrected chi connectivity index (χ2v) is 6.06. The van der Waals surface area contributed by atoms with Gasteiger partial charge in [0.25, 0.3) is 0 Å². The van der Waals surface area contributed by atoms with E-state index in [9.17, 15) is 0 Å². The van der Waals surface area contributed by atoms with Crippen LogP contribution in [0.2, 0.25) is 0 Å². The Labute approximate surface area is 123 Å². The number of nitrogens with one attached hydrogen (secondary N) is 1. The zero-order valence-electron chi connectivity index (χ0n) is 12.6. The lowest BCUT2D eigenvalue weighted by molar-refractivity contribution is 0.480. The Bertz CT molecular complexity index is 366. The topological polar surface area (TPSA) is 50.9 Å². The number of hydrogen-bond acceptors (Lipinski definition) is 3. The van der Waals surface area contributed by atoms with Gasteiger partial charge in [-0.2, -0.15) is 0 Å². The summed E-state index contributed by atoms with van der Waals surface area (Å²) in [7, 11) is 0. The van der Waals surface area contributed by atoms with Gasteiger partial charge < -0.3 is 11.1 Å². The molecule has 0 aromatic carbocycles. The van der Waals surface area contributed by atoms with E-state index in [4.69, 9.17) is 5.73 Å². The molecule has 3 heteroatoms. The maximum atomic E-state index is 5.98. The predicted molar refractivity (Wildman–Crippen MR) is 86.8 cm³/mol. The molecule has 1 heterocycles. The molecule has 2 rings (SSSR count). The van der Waals surface area contributed by atoms with E-state index in [1.807, 2.05) is 12.3 Å². The average Bonchev–Trinajstić information content (AvgIpc) is 2.44. The van der Waals surface area contributed by atoms with Crippen LogP contribution in [-0.2, 0) is 0 Å². The number of nitrogens with two attached hydrogens (primary N) is 1. The van der Waals surface area contributed by atoms with Gasteiger partial charge in [0.2, 0.25) is 0 Å². The summed E-state index contributed by atoms with van der Waals surface area (Å²) in [6.45, 7) is 0. The molecule has 1 saturated carbocycles.